The van der Waals surface area contributed by atoms with E-state index in [4.69, 9.17) is 4.74 Å². The Morgan fingerprint density at radius 3 is 1.73 bits per heavy atom. The number of carbonyl (C=O) groups excluding carboxylic acids is 1. The van der Waals surface area contributed by atoms with Gasteiger partial charge in [-0.1, -0.05) is 0 Å². The molecule has 2 nitrogen and oxygen atoms in total. The van der Waals surface area contributed by atoms with Crippen LogP contribution in [0.1, 0.15) is 13.8 Å². The topological polar surface area (TPSA) is 26.3 Å². The molecule has 0 bridgehead atoms. The molecular formula is C8H18O2Sn. The van der Waals surface area contributed by atoms with Crippen molar-refractivity contribution in [2.75, 3.05) is 7.11 Å². The molecule has 0 spiro atoms. The van der Waals surface area contributed by atoms with Crippen molar-refractivity contribution in [2.45, 2.75) is 32.1 Å². The van der Waals surface area contributed by atoms with Gasteiger partial charge in [0.15, 0.2) is 0 Å². The molecule has 11 heavy (non-hydrogen) atoms. The van der Waals surface area contributed by atoms with E-state index in [2.05, 4.69) is 14.8 Å². The van der Waals surface area contributed by atoms with E-state index in [0.717, 1.165) is 0 Å². The van der Waals surface area contributed by atoms with Crippen LogP contribution in [0.2, 0.25) is 18.2 Å². The van der Waals surface area contributed by atoms with Crippen LogP contribution in [0.5, 0.6) is 0 Å². The third-order valence-electron chi connectivity index (χ3n) is 2.57. The third kappa shape index (κ3) is 2.35. The summed E-state index contributed by atoms with van der Waals surface area (Å²) in [6.07, 6.45) is 0. The van der Waals surface area contributed by atoms with Gasteiger partial charge in [-0.3, -0.25) is 0 Å². The van der Waals surface area contributed by atoms with Crippen molar-refractivity contribution in [3.05, 3.63) is 0 Å². The molecule has 0 aromatic heterocycles. The van der Waals surface area contributed by atoms with Gasteiger partial charge < -0.3 is 0 Å². The van der Waals surface area contributed by atoms with Crippen molar-refractivity contribution in [3.63, 3.8) is 0 Å². The number of esters is 1. The minimum absolute atomic E-state index is 0.0548. The number of methoxy groups -OCH3 is 1. The fraction of sp³-hybridized carbons (Fsp3) is 0.875. The summed E-state index contributed by atoms with van der Waals surface area (Å²) >= 11 is -2.15. The van der Waals surface area contributed by atoms with Crippen molar-refractivity contribution < 1.29 is 9.53 Å². The summed E-state index contributed by atoms with van der Waals surface area (Å²) in [5.41, 5.74) is 0. The van der Waals surface area contributed by atoms with E-state index in [0.29, 0.717) is 0 Å². The predicted molar refractivity (Wildman–Crippen MR) is 49.4 cm³/mol. The van der Waals surface area contributed by atoms with E-state index in [1.807, 2.05) is 13.8 Å². The Labute approximate surface area is 73.2 Å². The fourth-order valence-corrected chi connectivity index (χ4v) is 2.60. The fourth-order valence-electron chi connectivity index (χ4n) is 0.561. The van der Waals surface area contributed by atoms with Crippen LogP contribution in [0.15, 0.2) is 0 Å². The van der Waals surface area contributed by atoms with Gasteiger partial charge in [-0.15, -0.1) is 0 Å². The standard InChI is InChI=1S/C5H9O2.3CH3.Sn/c1-4(2)5(6)7-3;;;;/h1-3H3;3*1H3;. The van der Waals surface area contributed by atoms with E-state index in [1.54, 1.807) is 0 Å². The first-order valence-electron chi connectivity index (χ1n) is 3.82. The van der Waals surface area contributed by atoms with Crippen LogP contribution in [0, 0.1) is 0 Å². The molecule has 0 aromatic rings. The molecule has 0 N–H and O–H groups in total. The summed E-state index contributed by atoms with van der Waals surface area (Å²) in [7, 11) is 1.46. The van der Waals surface area contributed by atoms with Crippen LogP contribution < -0.4 is 0 Å². The molecule has 3 heteroatoms. The van der Waals surface area contributed by atoms with E-state index < -0.39 is 18.4 Å². The van der Waals surface area contributed by atoms with E-state index in [1.165, 1.54) is 7.11 Å². The Hall–Kier alpha value is 0.269. The van der Waals surface area contributed by atoms with E-state index in [9.17, 15) is 4.79 Å². The van der Waals surface area contributed by atoms with Crippen LogP contribution in [-0.2, 0) is 9.53 Å². The van der Waals surface area contributed by atoms with Gasteiger partial charge in [-0.2, -0.15) is 0 Å². The number of hydrogen-bond acceptors (Lipinski definition) is 2. The third-order valence-corrected chi connectivity index (χ3v) is 13.9. The van der Waals surface area contributed by atoms with Gasteiger partial charge in [-0.05, 0) is 0 Å². The number of carbonyl (C=O) groups is 1. The molecule has 0 heterocycles. The number of ether oxygens (including phenoxy) is 1. The molecule has 0 saturated heterocycles. The van der Waals surface area contributed by atoms with E-state index >= 15 is 0 Å². The summed E-state index contributed by atoms with van der Waals surface area (Å²) < 4.78 is 4.55. The molecule has 0 amide bonds. The second kappa shape index (κ2) is 3.33. The Kier molecular flexibility index (Phi) is 3.41. The van der Waals surface area contributed by atoms with Gasteiger partial charge in [-0.25, -0.2) is 0 Å². The van der Waals surface area contributed by atoms with Crippen molar-refractivity contribution in [3.8, 4) is 0 Å². The second-order valence-corrected chi connectivity index (χ2v) is 20.8. The molecule has 0 aliphatic heterocycles. The average molecular weight is 265 g/mol. The normalized spacial score (nSPS) is 12.9. The number of rotatable bonds is 2. The van der Waals surface area contributed by atoms with Crippen molar-refractivity contribution >= 4 is 24.3 Å². The maximum atomic E-state index is 11.3. The average Bonchev–Trinajstić information content (AvgIpc) is 1.83. The van der Waals surface area contributed by atoms with Crippen LogP contribution >= 0.6 is 0 Å². The van der Waals surface area contributed by atoms with Crippen LogP contribution in [0.3, 0.4) is 0 Å². The Bertz CT molecular complexity index is 156. The van der Waals surface area contributed by atoms with Gasteiger partial charge in [0.05, 0.1) is 0 Å². The first-order valence-corrected chi connectivity index (χ1v) is 13.8. The molecule has 0 aliphatic rings. The Morgan fingerprint density at radius 2 is 1.64 bits per heavy atom. The summed E-state index contributed by atoms with van der Waals surface area (Å²) in [6, 6.07) is 0. The van der Waals surface area contributed by atoms with Crippen LogP contribution in [0.4, 0.5) is 0 Å². The Morgan fingerprint density at radius 1 is 1.27 bits per heavy atom. The van der Waals surface area contributed by atoms with Gasteiger partial charge in [0.1, 0.15) is 0 Å². The molecule has 0 aliphatic carbocycles. The van der Waals surface area contributed by atoms with Crippen molar-refractivity contribution in [1.29, 1.82) is 0 Å². The SMILES string of the molecule is COC(=O)[C](C)(C)[Sn]([CH3])([CH3])[CH3]. The molecule has 66 valence electrons. The zero-order valence-corrected chi connectivity index (χ0v) is 11.2. The van der Waals surface area contributed by atoms with Crippen molar-refractivity contribution in [2.24, 2.45) is 0 Å². The zero-order chi connectivity index (χ0) is 9.28. The summed E-state index contributed by atoms with van der Waals surface area (Å²) in [6.45, 7) is 3.99. The number of hydrogen-bond donors (Lipinski definition) is 0. The van der Waals surface area contributed by atoms with Gasteiger partial charge in [0, 0.05) is 0 Å². The van der Waals surface area contributed by atoms with Gasteiger partial charge >= 0.3 is 73.1 Å². The van der Waals surface area contributed by atoms with Crippen LogP contribution in [0.25, 0.3) is 0 Å². The zero-order valence-electron chi connectivity index (χ0n) is 8.32. The molecule has 0 rings (SSSR count). The van der Waals surface area contributed by atoms with Crippen molar-refractivity contribution in [1.82, 2.24) is 0 Å². The first kappa shape index (κ1) is 11.3. The molecule has 0 atom stereocenters. The maximum absolute atomic E-state index is 11.3. The quantitative estimate of drug-likeness (QED) is 0.565. The molecule has 0 aromatic carbocycles. The van der Waals surface area contributed by atoms with Crippen LogP contribution in [-0.4, -0.2) is 31.5 Å². The second-order valence-electron chi connectivity index (χ2n) is 4.37. The van der Waals surface area contributed by atoms with Gasteiger partial charge in [0.25, 0.3) is 0 Å². The Balaban J connectivity index is 4.59. The predicted octanol–water partition coefficient (Wildman–Crippen LogP) is 2.28. The van der Waals surface area contributed by atoms with E-state index in [-0.39, 0.29) is 9.40 Å². The monoisotopic (exact) mass is 266 g/mol. The summed E-state index contributed by atoms with van der Waals surface area (Å²) in [5.74, 6) is -0.0548. The molecule has 0 radical (unpaired) electrons. The van der Waals surface area contributed by atoms with Gasteiger partial charge in [0.2, 0.25) is 0 Å². The molecule has 0 saturated carbocycles. The first-order chi connectivity index (χ1) is 4.73. The molecule has 0 fully saturated rings. The molecular weight excluding hydrogens is 247 g/mol. The molecule has 0 unspecified atom stereocenters. The summed E-state index contributed by atoms with van der Waals surface area (Å²) in [4.78, 5) is 18.0. The minimum atomic E-state index is -2.15. The summed E-state index contributed by atoms with van der Waals surface area (Å²) in [5, 5.41) is 0.